The number of hydrogen-bond donors (Lipinski definition) is 1. The van der Waals surface area contributed by atoms with Crippen LogP contribution in [0, 0.1) is 5.92 Å². The standard InChI is InChI=1S/C15H21NO2/c1-11(2)14(17)16-10-15(18-3)8-12-6-4-5-7-13(12)9-15/h4-7,11H,8-10H2,1-3H3,(H,16,17). The van der Waals surface area contributed by atoms with Crippen molar-refractivity contribution in [2.45, 2.75) is 32.3 Å². The molecule has 2 rings (SSSR count). The average molecular weight is 247 g/mol. The Morgan fingerprint density at radius 1 is 1.33 bits per heavy atom. The summed E-state index contributed by atoms with van der Waals surface area (Å²) >= 11 is 0. The lowest BCUT2D eigenvalue weighted by molar-refractivity contribution is -0.125. The van der Waals surface area contributed by atoms with Crippen LogP contribution in [0.2, 0.25) is 0 Å². The molecule has 98 valence electrons. The van der Waals surface area contributed by atoms with Gasteiger partial charge in [-0.25, -0.2) is 0 Å². The number of amides is 1. The fourth-order valence-corrected chi connectivity index (χ4v) is 2.45. The van der Waals surface area contributed by atoms with Crippen LogP contribution in [-0.4, -0.2) is 25.2 Å². The fourth-order valence-electron chi connectivity index (χ4n) is 2.45. The highest BCUT2D eigenvalue weighted by Gasteiger charge is 2.37. The smallest absolute Gasteiger partial charge is 0.222 e. The summed E-state index contributed by atoms with van der Waals surface area (Å²) in [6.45, 7) is 4.38. The Hall–Kier alpha value is -1.35. The van der Waals surface area contributed by atoms with E-state index in [2.05, 4.69) is 29.6 Å². The van der Waals surface area contributed by atoms with Gasteiger partial charge < -0.3 is 10.1 Å². The van der Waals surface area contributed by atoms with E-state index in [1.165, 1.54) is 11.1 Å². The number of ether oxygens (including phenoxy) is 1. The van der Waals surface area contributed by atoms with Gasteiger partial charge in [0.1, 0.15) is 0 Å². The minimum absolute atomic E-state index is 0.0164. The van der Waals surface area contributed by atoms with Crippen LogP contribution < -0.4 is 5.32 Å². The number of nitrogens with one attached hydrogen (secondary N) is 1. The first-order valence-corrected chi connectivity index (χ1v) is 6.46. The van der Waals surface area contributed by atoms with Crippen molar-refractivity contribution in [3.63, 3.8) is 0 Å². The van der Waals surface area contributed by atoms with Crippen molar-refractivity contribution in [2.24, 2.45) is 5.92 Å². The molecule has 1 aromatic rings. The molecule has 0 aromatic heterocycles. The zero-order valence-electron chi connectivity index (χ0n) is 11.3. The number of methoxy groups -OCH3 is 1. The van der Waals surface area contributed by atoms with Crippen molar-refractivity contribution >= 4 is 5.91 Å². The topological polar surface area (TPSA) is 38.3 Å². The van der Waals surface area contributed by atoms with Gasteiger partial charge in [0.05, 0.1) is 5.60 Å². The fraction of sp³-hybridized carbons (Fsp3) is 0.533. The second-order valence-corrected chi connectivity index (χ2v) is 5.38. The maximum absolute atomic E-state index is 11.7. The summed E-state index contributed by atoms with van der Waals surface area (Å²) in [5, 5.41) is 2.99. The largest absolute Gasteiger partial charge is 0.376 e. The predicted molar refractivity (Wildman–Crippen MR) is 71.4 cm³/mol. The molecule has 1 aliphatic rings. The van der Waals surface area contributed by atoms with Gasteiger partial charge in [0.15, 0.2) is 0 Å². The molecule has 0 atom stereocenters. The van der Waals surface area contributed by atoms with Crippen LogP contribution in [0.15, 0.2) is 24.3 Å². The van der Waals surface area contributed by atoms with E-state index in [1.807, 2.05) is 13.8 Å². The van der Waals surface area contributed by atoms with Crippen molar-refractivity contribution in [3.8, 4) is 0 Å². The molecule has 0 fully saturated rings. The van der Waals surface area contributed by atoms with Crippen LogP contribution >= 0.6 is 0 Å². The van der Waals surface area contributed by atoms with Crippen LogP contribution in [0.1, 0.15) is 25.0 Å². The third kappa shape index (κ3) is 2.56. The lowest BCUT2D eigenvalue weighted by Gasteiger charge is -2.28. The number of hydrogen-bond acceptors (Lipinski definition) is 2. The summed E-state index contributed by atoms with van der Waals surface area (Å²) in [5.41, 5.74) is 2.39. The van der Waals surface area contributed by atoms with Gasteiger partial charge in [-0.1, -0.05) is 38.1 Å². The van der Waals surface area contributed by atoms with Crippen molar-refractivity contribution in [1.82, 2.24) is 5.32 Å². The van der Waals surface area contributed by atoms with E-state index in [0.29, 0.717) is 6.54 Å². The maximum Gasteiger partial charge on any atom is 0.222 e. The molecule has 0 spiro atoms. The van der Waals surface area contributed by atoms with Crippen molar-refractivity contribution in [2.75, 3.05) is 13.7 Å². The molecule has 0 heterocycles. The first-order chi connectivity index (χ1) is 8.56. The Bertz CT molecular complexity index is 415. The van der Waals surface area contributed by atoms with E-state index in [-0.39, 0.29) is 17.4 Å². The predicted octanol–water partition coefficient (Wildman–Crippen LogP) is 1.94. The van der Waals surface area contributed by atoms with Crippen molar-refractivity contribution < 1.29 is 9.53 Å². The van der Waals surface area contributed by atoms with E-state index in [1.54, 1.807) is 7.11 Å². The van der Waals surface area contributed by atoms with Gasteiger partial charge in [-0.3, -0.25) is 4.79 Å². The van der Waals surface area contributed by atoms with E-state index in [0.717, 1.165) is 12.8 Å². The molecule has 0 unspecified atom stereocenters. The SMILES string of the molecule is COC1(CNC(=O)C(C)C)Cc2ccccc2C1. The second-order valence-electron chi connectivity index (χ2n) is 5.38. The third-order valence-electron chi connectivity index (χ3n) is 3.69. The Balaban J connectivity index is 2.05. The molecule has 1 amide bonds. The molecular weight excluding hydrogens is 226 g/mol. The molecule has 0 saturated heterocycles. The number of carbonyl (C=O) groups is 1. The molecular formula is C15H21NO2. The van der Waals surface area contributed by atoms with E-state index >= 15 is 0 Å². The van der Waals surface area contributed by atoms with Gasteiger partial charge in [-0.2, -0.15) is 0 Å². The van der Waals surface area contributed by atoms with Gasteiger partial charge in [-0.05, 0) is 11.1 Å². The average Bonchev–Trinajstić information content (AvgIpc) is 2.75. The molecule has 1 aliphatic carbocycles. The molecule has 0 bridgehead atoms. The maximum atomic E-state index is 11.7. The summed E-state index contributed by atoms with van der Waals surface area (Å²) in [4.78, 5) is 11.7. The van der Waals surface area contributed by atoms with Crippen LogP contribution in [0.3, 0.4) is 0 Å². The molecule has 1 N–H and O–H groups in total. The summed E-state index contributed by atoms with van der Waals surface area (Å²) < 4.78 is 5.70. The summed E-state index contributed by atoms with van der Waals surface area (Å²) in [7, 11) is 1.73. The van der Waals surface area contributed by atoms with Gasteiger partial charge in [0, 0.05) is 32.4 Å². The molecule has 1 aromatic carbocycles. The van der Waals surface area contributed by atoms with Gasteiger partial charge in [0.2, 0.25) is 5.91 Å². The minimum Gasteiger partial charge on any atom is -0.376 e. The minimum atomic E-state index is -0.270. The number of benzene rings is 1. The summed E-state index contributed by atoms with van der Waals surface area (Å²) in [6, 6.07) is 8.38. The molecule has 3 nitrogen and oxygen atoms in total. The first-order valence-electron chi connectivity index (χ1n) is 6.46. The zero-order chi connectivity index (χ0) is 13.2. The highest BCUT2D eigenvalue weighted by molar-refractivity contribution is 5.77. The number of fused-ring (bicyclic) bond motifs is 1. The Kier molecular flexibility index (Phi) is 3.71. The molecule has 0 radical (unpaired) electrons. The quantitative estimate of drug-likeness (QED) is 0.883. The van der Waals surface area contributed by atoms with E-state index < -0.39 is 0 Å². The Labute approximate surface area is 109 Å². The summed E-state index contributed by atoms with van der Waals surface area (Å²) in [6.07, 6.45) is 1.75. The number of carbonyl (C=O) groups excluding carboxylic acids is 1. The molecule has 0 saturated carbocycles. The normalized spacial score (nSPS) is 16.7. The molecule has 18 heavy (non-hydrogen) atoms. The van der Waals surface area contributed by atoms with E-state index in [9.17, 15) is 4.79 Å². The highest BCUT2D eigenvalue weighted by atomic mass is 16.5. The van der Waals surface area contributed by atoms with Gasteiger partial charge in [-0.15, -0.1) is 0 Å². The van der Waals surface area contributed by atoms with E-state index in [4.69, 9.17) is 4.74 Å². The van der Waals surface area contributed by atoms with Crippen molar-refractivity contribution in [3.05, 3.63) is 35.4 Å². The Morgan fingerprint density at radius 3 is 2.33 bits per heavy atom. The lowest BCUT2D eigenvalue weighted by atomic mass is 9.99. The lowest BCUT2D eigenvalue weighted by Crippen LogP contribution is -2.46. The van der Waals surface area contributed by atoms with Crippen LogP contribution in [0.5, 0.6) is 0 Å². The van der Waals surface area contributed by atoms with Crippen LogP contribution in [0.4, 0.5) is 0 Å². The molecule has 3 heteroatoms. The third-order valence-corrected chi connectivity index (χ3v) is 3.69. The van der Waals surface area contributed by atoms with Gasteiger partial charge in [0.25, 0.3) is 0 Å². The van der Waals surface area contributed by atoms with Gasteiger partial charge >= 0.3 is 0 Å². The van der Waals surface area contributed by atoms with Crippen LogP contribution in [0.25, 0.3) is 0 Å². The Morgan fingerprint density at radius 2 is 1.89 bits per heavy atom. The van der Waals surface area contributed by atoms with Crippen molar-refractivity contribution in [1.29, 1.82) is 0 Å². The number of rotatable bonds is 4. The second kappa shape index (κ2) is 5.11. The monoisotopic (exact) mass is 247 g/mol. The zero-order valence-corrected chi connectivity index (χ0v) is 11.3. The first kappa shape index (κ1) is 13.1. The van der Waals surface area contributed by atoms with Crippen LogP contribution in [-0.2, 0) is 22.4 Å². The highest BCUT2D eigenvalue weighted by Crippen LogP contribution is 2.32. The molecule has 0 aliphatic heterocycles. The summed E-state index contributed by atoms with van der Waals surface area (Å²) in [5.74, 6) is 0.102.